The number of nitrogens with one attached hydrogen (secondary N) is 1. The van der Waals surface area contributed by atoms with E-state index in [9.17, 15) is 14.7 Å². The van der Waals surface area contributed by atoms with Gasteiger partial charge in [-0.1, -0.05) is 60.1 Å². The molecule has 1 amide bonds. The first kappa shape index (κ1) is 16.0. The van der Waals surface area contributed by atoms with Gasteiger partial charge in [-0.05, 0) is 17.2 Å². The summed E-state index contributed by atoms with van der Waals surface area (Å²) in [5.41, 5.74) is 1.53. The van der Waals surface area contributed by atoms with E-state index >= 15 is 0 Å². The third-order valence-corrected chi connectivity index (χ3v) is 3.59. The van der Waals surface area contributed by atoms with E-state index in [0.29, 0.717) is 10.6 Å². The minimum absolute atomic E-state index is 0.146. The Balaban J connectivity index is 2.01. The highest BCUT2D eigenvalue weighted by molar-refractivity contribution is 6.31. The van der Waals surface area contributed by atoms with E-state index in [2.05, 4.69) is 5.32 Å². The van der Waals surface area contributed by atoms with Crippen molar-refractivity contribution in [3.63, 3.8) is 0 Å². The number of carboxylic acids is 1. The molecule has 2 rings (SSSR count). The van der Waals surface area contributed by atoms with Gasteiger partial charge in [0.25, 0.3) is 0 Å². The number of halogens is 1. The predicted octanol–water partition coefficient (Wildman–Crippen LogP) is 2.69. The molecule has 22 heavy (non-hydrogen) atoms. The molecule has 5 heteroatoms. The molecule has 4 nitrogen and oxygen atoms in total. The van der Waals surface area contributed by atoms with Gasteiger partial charge in [0.15, 0.2) is 0 Å². The van der Waals surface area contributed by atoms with E-state index in [0.717, 1.165) is 5.56 Å². The zero-order valence-electron chi connectivity index (χ0n) is 11.8. The van der Waals surface area contributed by atoms with Crippen molar-refractivity contribution >= 4 is 23.5 Å². The summed E-state index contributed by atoms with van der Waals surface area (Å²) in [5, 5.41) is 12.3. The van der Waals surface area contributed by atoms with Gasteiger partial charge in [0, 0.05) is 11.4 Å². The molecule has 0 spiro atoms. The highest BCUT2D eigenvalue weighted by atomic mass is 35.5. The first-order chi connectivity index (χ1) is 10.6. The molecular weight excluding hydrogens is 302 g/mol. The molecule has 0 saturated heterocycles. The summed E-state index contributed by atoms with van der Waals surface area (Å²) in [6.45, 7) is 0. The van der Waals surface area contributed by atoms with Crippen LogP contribution in [0.1, 0.15) is 11.1 Å². The van der Waals surface area contributed by atoms with Crippen molar-refractivity contribution < 1.29 is 14.7 Å². The molecular formula is C17H16ClNO3. The van der Waals surface area contributed by atoms with Gasteiger partial charge in [0.05, 0.1) is 6.42 Å². The van der Waals surface area contributed by atoms with Crippen LogP contribution in [0.4, 0.5) is 0 Å². The van der Waals surface area contributed by atoms with Gasteiger partial charge >= 0.3 is 5.97 Å². The van der Waals surface area contributed by atoms with Crippen LogP contribution in [-0.4, -0.2) is 23.0 Å². The van der Waals surface area contributed by atoms with Crippen LogP contribution in [0.25, 0.3) is 0 Å². The number of carbonyl (C=O) groups is 2. The van der Waals surface area contributed by atoms with Crippen LogP contribution in [0.5, 0.6) is 0 Å². The fourth-order valence-electron chi connectivity index (χ4n) is 2.11. The van der Waals surface area contributed by atoms with Gasteiger partial charge in [0.1, 0.15) is 6.04 Å². The maximum absolute atomic E-state index is 12.0. The third-order valence-electron chi connectivity index (χ3n) is 3.22. The average Bonchev–Trinajstić information content (AvgIpc) is 2.49. The zero-order chi connectivity index (χ0) is 15.9. The molecule has 1 atom stereocenters. The lowest BCUT2D eigenvalue weighted by Crippen LogP contribution is -2.43. The summed E-state index contributed by atoms with van der Waals surface area (Å²) >= 11 is 6.03. The smallest absolute Gasteiger partial charge is 0.326 e. The number of hydrogen-bond donors (Lipinski definition) is 2. The van der Waals surface area contributed by atoms with Crippen molar-refractivity contribution in [1.29, 1.82) is 0 Å². The third kappa shape index (κ3) is 4.60. The largest absolute Gasteiger partial charge is 0.480 e. The van der Waals surface area contributed by atoms with Crippen LogP contribution >= 0.6 is 11.6 Å². The van der Waals surface area contributed by atoms with E-state index in [1.807, 2.05) is 30.3 Å². The number of rotatable bonds is 6. The molecule has 0 radical (unpaired) electrons. The summed E-state index contributed by atoms with van der Waals surface area (Å²) in [6.07, 6.45) is 0.294. The van der Waals surface area contributed by atoms with Crippen LogP contribution in [0, 0.1) is 0 Å². The fraction of sp³-hybridized carbons (Fsp3) is 0.176. The Labute approximate surface area is 133 Å². The monoisotopic (exact) mass is 317 g/mol. The molecule has 0 aliphatic heterocycles. The van der Waals surface area contributed by atoms with E-state index in [-0.39, 0.29) is 18.7 Å². The summed E-state index contributed by atoms with van der Waals surface area (Å²) in [7, 11) is 0. The number of carbonyl (C=O) groups excluding carboxylic acids is 1. The van der Waals surface area contributed by atoms with Crippen LogP contribution in [0.2, 0.25) is 5.02 Å². The van der Waals surface area contributed by atoms with Gasteiger partial charge in [-0.2, -0.15) is 0 Å². The van der Waals surface area contributed by atoms with Crippen molar-refractivity contribution in [2.45, 2.75) is 18.9 Å². The highest BCUT2D eigenvalue weighted by Gasteiger charge is 2.21. The predicted molar refractivity (Wildman–Crippen MR) is 84.9 cm³/mol. The Morgan fingerprint density at radius 2 is 1.68 bits per heavy atom. The van der Waals surface area contributed by atoms with Crippen molar-refractivity contribution in [3.05, 3.63) is 70.7 Å². The molecule has 0 unspecified atom stereocenters. The number of benzene rings is 2. The van der Waals surface area contributed by atoms with Crippen molar-refractivity contribution in [3.8, 4) is 0 Å². The van der Waals surface area contributed by atoms with Crippen molar-refractivity contribution in [2.24, 2.45) is 0 Å². The first-order valence-corrected chi connectivity index (χ1v) is 7.23. The molecule has 2 aromatic rings. The van der Waals surface area contributed by atoms with Crippen LogP contribution < -0.4 is 5.32 Å². The highest BCUT2D eigenvalue weighted by Crippen LogP contribution is 2.16. The van der Waals surface area contributed by atoms with Gasteiger partial charge in [-0.15, -0.1) is 0 Å². The first-order valence-electron chi connectivity index (χ1n) is 6.86. The Kier molecular flexibility index (Phi) is 5.55. The number of hydrogen-bond acceptors (Lipinski definition) is 2. The number of amides is 1. The molecule has 0 bridgehead atoms. The SMILES string of the molecule is O=C(Cc1ccccc1)N[C@@H](Cc1ccccc1Cl)C(=O)O. The lowest BCUT2D eigenvalue weighted by molar-refractivity contribution is -0.141. The lowest BCUT2D eigenvalue weighted by atomic mass is 10.1. The normalized spacial score (nSPS) is 11.7. The Morgan fingerprint density at radius 3 is 2.32 bits per heavy atom. The molecule has 0 aliphatic rings. The van der Waals surface area contributed by atoms with Crippen LogP contribution in [0.3, 0.4) is 0 Å². The maximum atomic E-state index is 12.0. The second kappa shape index (κ2) is 7.61. The summed E-state index contributed by atoms with van der Waals surface area (Å²) < 4.78 is 0. The number of aliphatic carboxylic acids is 1. The number of carboxylic acid groups (broad SMARTS) is 1. The Bertz CT molecular complexity index is 658. The topological polar surface area (TPSA) is 66.4 Å². The minimum Gasteiger partial charge on any atom is -0.480 e. The zero-order valence-corrected chi connectivity index (χ0v) is 12.6. The van der Waals surface area contributed by atoms with E-state index in [1.165, 1.54) is 0 Å². The van der Waals surface area contributed by atoms with Gasteiger partial charge in [-0.25, -0.2) is 4.79 Å². The summed E-state index contributed by atoms with van der Waals surface area (Å²) in [4.78, 5) is 23.3. The molecule has 0 saturated carbocycles. The van der Waals surface area contributed by atoms with Crippen LogP contribution in [0.15, 0.2) is 54.6 Å². The van der Waals surface area contributed by atoms with E-state index in [1.54, 1.807) is 24.3 Å². The average molecular weight is 318 g/mol. The maximum Gasteiger partial charge on any atom is 0.326 e. The quantitative estimate of drug-likeness (QED) is 0.861. The minimum atomic E-state index is -1.08. The second-order valence-corrected chi connectivity index (χ2v) is 5.32. The van der Waals surface area contributed by atoms with Gasteiger partial charge in [0.2, 0.25) is 5.91 Å². The fourth-order valence-corrected chi connectivity index (χ4v) is 2.32. The summed E-state index contributed by atoms with van der Waals surface area (Å²) in [6, 6.07) is 15.2. The Hall–Kier alpha value is -2.33. The van der Waals surface area contributed by atoms with E-state index < -0.39 is 12.0 Å². The standard InChI is InChI=1S/C17H16ClNO3/c18-14-9-5-4-8-13(14)11-15(17(21)22)19-16(20)10-12-6-2-1-3-7-12/h1-9,15H,10-11H2,(H,19,20)(H,21,22)/t15-/m0/s1. The van der Waals surface area contributed by atoms with Gasteiger partial charge in [-0.3, -0.25) is 4.79 Å². The molecule has 0 aliphatic carbocycles. The van der Waals surface area contributed by atoms with Crippen LogP contribution in [-0.2, 0) is 22.4 Å². The molecule has 0 heterocycles. The molecule has 2 aromatic carbocycles. The Morgan fingerprint density at radius 1 is 1.05 bits per heavy atom. The molecule has 0 aromatic heterocycles. The molecule has 2 N–H and O–H groups in total. The van der Waals surface area contributed by atoms with Crippen molar-refractivity contribution in [2.75, 3.05) is 0 Å². The summed E-state index contributed by atoms with van der Waals surface area (Å²) in [5.74, 6) is -1.41. The molecule has 0 fully saturated rings. The lowest BCUT2D eigenvalue weighted by Gasteiger charge is -2.15. The van der Waals surface area contributed by atoms with E-state index in [4.69, 9.17) is 11.6 Å². The molecule has 114 valence electrons. The van der Waals surface area contributed by atoms with Gasteiger partial charge < -0.3 is 10.4 Å². The second-order valence-electron chi connectivity index (χ2n) is 4.92. The van der Waals surface area contributed by atoms with Crippen molar-refractivity contribution in [1.82, 2.24) is 5.32 Å².